The maximum atomic E-state index is 11.8. The molecule has 0 bridgehead atoms. The summed E-state index contributed by atoms with van der Waals surface area (Å²) in [6.45, 7) is 3.70. The fourth-order valence-corrected chi connectivity index (χ4v) is 2.98. The Morgan fingerprint density at radius 3 is 2.58 bits per heavy atom. The smallest absolute Gasteiger partial charge is 0.309 e. The van der Waals surface area contributed by atoms with Crippen molar-refractivity contribution in [3.63, 3.8) is 0 Å². The van der Waals surface area contributed by atoms with Gasteiger partial charge < -0.3 is 24.4 Å². The lowest BCUT2D eigenvalue weighted by Gasteiger charge is -2.33. The number of piperidine rings is 1. The molecule has 1 N–H and O–H groups in total. The van der Waals surface area contributed by atoms with Crippen molar-refractivity contribution < 1.29 is 19.0 Å². The van der Waals surface area contributed by atoms with Crippen molar-refractivity contribution in [2.75, 3.05) is 39.2 Å². The number of anilines is 1. The van der Waals surface area contributed by atoms with Gasteiger partial charge in [-0.05, 0) is 44.1 Å². The van der Waals surface area contributed by atoms with Gasteiger partial charge in [0.15, 0.2) is 5.11 Å². The normalized spacial score (nSPS) is 14.9. The number of hydrogen-bond acceptors (Lipinski definition) is 5. The van der Waals surface area contributed by atoms with E-state index in [2.05, 4.69) is 10.2 Å². The summed E-state index contributed by atoms with van der Waals surface area (Å²) in [5.74, 6) is 1.28. The number of likely N-dealkylation sites (tertiary alicyclic amines) is 1. The molecule has 1 heterocycles. The number of methoxy groups -OCH3 is 2. The molecule has 0 aromatic heterocycles. The van der Waals surface area contributed by atoms with Crippen molar-refractivity contribution in [2.24, 2.45) is 5.92 Å². The monoisotopic (exact) mass is 352 g/mol. The molecule has 2 rings (SSSR count). The number of carbonyl (C=O) groups is 1. The molecule has 1 aromatic carbocycles. The molecule has 0 amide bonds. The lowest BCUT2D eigenvalue weighted by molar-refractivity contribution is -0.149. The molecule has 7 heteroatoms. The second-order valence-electron chi connectivity index (χ2n) is 5.51. The van der Waals surface area contributed by atoms with Gasteiger partial charge in [0.1, 0.15) is 11.5 Å². The van der Waals surface area contributed by atoms with Crippen LogP contribution in [0.3, 0.4) is 0 Å². The average molecular weight is 352 g/mol. The molecule has 0 radical (unpaired) electrons. The number of esters is 1. The molecule has 132 valence electrons. The van der Waals surface area contributed by atoms with Crippen LogP contribution in [0.4, 0.5) is 5.69 Å². The molecular weight excluding hydrogens is 328 g/mol. The van der Waals surface area contributed by atoms with E-state index in [-0.39, 0.29) is 11.9 Å². The van der Waals surface area contributed by atoms with Crippen molar-refractivity contribution in [3.05, 3.63) is 18.2 Å². The minimum Gasteiger partial charge on any atom is -0.497 e. The fraction of sp³-hybridized carbons (Fsp3) is 0.529. The van der Waals surface area contributed by atoms with Gasteiger partial charge in [-0.2, -0.15) is 0 Å². The van der Waals surface area contributed by atoms with Gasteiger partial charge in [0, 0.05) is 19.2 Å². The Kier molecular flexibility index (Phi) is 6.66. The first-order chi connectivity index (χ1) is 11.6. The molecule has 0 unspecified atom stereocenters. The minimum absolute atomic E-state index is 0.0321. The van der Waals surface area contributed by atoms with Gasteiger partial charge in [-0.3, -0.25) is 4.79 Å². The Hall–Kier alpha value is -2.02. The summed E-state index contributed by atoms with van der Waals surface area (Å²) in [4.78, 5) is 13.9. The van der Waals surface area contributed by atoms with Crippen LogP contribution in [0.2, 0.25) is 0 Å². The highest BCUT2D eigenvalue weighted by atomic mass is 32.1. The van der Waals surface area contributed by atoms with Crippen LogP contribution in [-0.2, 0) is 9.53 Å². The maximum absolute atomic E-state index is 11.8. The Bertz CT molecular complexity index is 586. The molecule has 1 aromatic rings. The second kappa shape index (κ2) is 8.73. The Balaban J connectivity index is 1.95. The molecule has 1 fully saturated rings. The van der Waals surface area contributed by atoms with E-state index >= 15 is 0 Å². The molecule has 0 spiro atoms. The number of hydrogen-bond donors (Lipinski definition) is 1. The van der Waals surface area contributed by atoms with Gasteiger partial charge in [0.05, 0.1) is 32.4 Å². The minimum atomic E-state index is -0.106. The second-order valence-corrected chi connectivity index (χ2v) is 5.90. The van der Waals surface area contributed by atoms with E-state index in [0.29, 0.717) is 17.5 Å². The summed E-state index contributed by atoms with van der Waals surface area (Å²) in [6, 6.07) is 5.51. The average Bonchev–Trinajstić information content (AvgIpc) is 2.62. The Morgan fingerprint density at radius 1 is 1.29 bits per heavy atom. The van der Waals surface area contributed by atoms with Gasteiger partial charge in [-0.25, -0.2) is 0 Å². The zero-order valence-electron chi connectivity index (χ0n) is 14.3. The fourth-order valence-electron chi connectivity index (χ4n) is 2.68. The van der Waals surface area contributed by atoms with Crippen molar-refractivity contribution in [1.82, 2.24) is 4.90 Å². The van der Waals surface area contributed by atoms with E-state index in [1.807, 2.05) is 25.1 Å². The third kappa shape index (κ3) is 4.50. The zero-order valence-corrected chi connectivity index (χ0v) is 15.1. The number of carbonyl (C=O) groups excluding carboxylic acids is 1. The van der Waals surface area contributed by atoms with Crippen LogP contribution in [0.15, 0.2) is 18.2 Å². The third-order valence-electron chi connectivity index (χ3n) is 4.05. The summed E-state index contributed by atoms with van der Waals surface area (Å²) in [6.07, 6.45) is 1.49. The van der Waals surface area contributed by atoms with Crippen LogP contribution in [0.5, 0.6) is 11.5 Å². The number of rotatable bonds is 5. The van der Waals surface area contributed by atoms with Crippen molar-refractivity contribution in [3.8, 4) is 11.5 Å². The summed E-state index contributed by atoms with van der Waals surface area (Å²) < 4.78 is 15.7. The molecular formula is C17H24N2O4S. The van der Waals surface area contributed by atoms with Crippen LogP contribution in [0.25, 0.3) is 0 Å². The van der Waals surface area contributed by atoms with Crippen molar-refractivity contribution >= 4 is 29.0 Å². The maximum Gasteiger partial charge on any atom is 0.309 e. The van der Waals surface area contributed by atoms with Gasteiger partial charge in [-0.1, -0.05) is 0 Å². The van der Waals surface area contributed by atoms with E-state index in [1.54, 1.807) is 14.2 Å². The van der Waals surface area contributed by atoms with Crippen LogP contribution in [0.1, 0.15) is 19.8 Å². The zero-order chi connectivity index (χ0) is 17.5. The van der Waals surface area contributed by atoms with Gasteiger partial charge in [-0.15, -0.1) is 0 Å². The number of nitrogens with zero attached hydrogens (tertiary/aromatic N) is 1. The number of nitrogens with one attached hydrogen (secondary N) is 1. The van der Waals surface area contributed by atoms with E-state index < -0.39 is 0 Å². The molecule has 1 aliphatic heterocycles. The van der Waals surface area contributed by atoms with Crippen molar-refractivity contribution in [1.29, 1.82) is 0 Å². The predicted octanol–water partition coefficient (Wildman–Crippen LogP) is 2.68. The van der Waals surface area contributed by atoms with E-state index in [1.165, 1.54) is 0 Å². The van der Waals surface area contributed by atoms with Gasteiger partial charge >= 0.3 is 5.97 Å². The summed E-state index contributed by atoms with van der Waals surface area (Å²) in [5, 5.41) is 3.83. The van der Waals surface area contributed by atoms with Crippen LogP contribution in [0, 0.1) is 5.92 Å². The summed E-state index contributed by atoms with van der Waals surface area (Å²) in [5.41, 5.74) is 0.759. The number of thiocarbonyl (C=S) groups is 1. The van der Waals surface area contributed by atoms with Crippen molar-refractivity contribution in [2.45, 2.75) is 19.8 Å². The topological polar surface area (TPSA) is 60.0 Å². The standard InChI is InChI=1S/C17H24N2O4S/c1-4-23-16(20)12-7-9-19(10-8-12)17(24)18-14-11-13(21-2)5-6-15(14)22-3/h5-6,11-12H,4,7-10H2,1-3H3,(H,18,24). The highest BCUT2D eigenvalue weighted by Gasteiger charge is 2.27. The summed E-state index contributed by atoms with van der Waals surface area (Å²) in [7, 11) is 3.23. The van der Waals surface area contributed by atoms with Crippen LogP contribution in [-0.4, -0.2) is 49.9 Å². The molecule has 0 aliphatic carbocycles. The molecule has 24 heavy (non-hydrogen) atoms. The highest BCUT2D eigenvalue weighted by Crippen LogP contribution is 2.29. The van der Waals surface area contributed by atoms with Gasteiger partial charge in [0.2, 0.25) is 0 Å². The van der Waals surface area contributed by atoms with E-state index in [0.717, 1.165) is 37.4 Å². The first kappa shape index (κ1) is 18.3. The molecule has 6 nitrogen and oxygen atoms in total. The lowest BCUT2D eigenvalue weighted by atomic mass is 9.97. The van der Waals surface area contributed by atoms with Gasteiger partial charge in [0.25, 0.3) is 0 Å². The lowest BCUT2D eigenvalue weighted by Crippen LogP contribution is -2.42. The van der Waals surface area contributed by atoms with Crippen LogP contribution >= 0.6 is 12.2 Å². The number of ether oxygens (including phenoxy) is 3. The highest BCUT2D eigenvalue weighted by molar-refractivity contribution is 7.80. The first-order valence-corrected chi connectivity index (χ1v) is 8.44. The summed E-state index contributed by atoms with van der Waals surface area (Å²) >= 11 is 5.50. The molecule has 1 saturated heterocycles. The largest absolute Gasteiger partial charge is 0.497 e. The Morgan fingerprint density at radius 2 is 2.00 bits per heavy atom. The third-order valence-corrected chi connectivity index (χ3v) is 4.41. The molecule has 0 atom stereocenters. The SMILES string of the molecule is CCOC(=O)C1CCN(C(=S)Nc2cc(OC)ccc2OC)CC1. The first-order valence-electron chi connectivity index (χ1n) is 8.03. The van der Waals surface area contributed by atoms with E-state index in [9.17, 15) is 4.79 Å². The quantitative estimate of drug-likeness (QED) is 0.646. The Labute approximate surface area is 148 Å². The molecule has 0 saturated carbocycles. The van der Waals surface area contributed by atoms with Crippen LogP contribution < -0.4 is 14.8 Å². The number of benzene rings is 1. The van der Waals surface area contributed by atoms with E-state index in [4.69, 9.17) is 26.4 Å². The predicted molar refractivity (Wildman–Crippen MR) is 96.7 cm³/mol. The molecule has 1 aliphatic rings.